The topological polar surface area (TPSA) is 81.4 Å². The smallest absolute Gasteiger partial charge is 0.315 e. The van der Waals surface area contributed by atoms with Crippen molar-refractivity contribution in [2.45, 2.75) is 12.5 Å². The molecule has 6 nitrogen and oxygen atoms in total. The number of hydrogen-bond acceptors (Lipinski definition) is 4. The van der Waals surface area contributed by atoms with Gasteiger partial charge >= 0.3 is 5.97 Å². The number of ether oxygens (including phenoxy) is 1. The van der Waals surface area contributed by atoms with Crippen LogP contribution in [0.2, 0.25) is 0 Å². The van der Waals surface area contributed by atoms with E-state index >= 15 is 0 Å². The number of carboxylic acid groups (broad SMARTS) is 1. The highest BCUT2D eigenvalue weighted by Gasteiger charge is 2.62. The molecule has 0 bridgehead atoms. The second-order valence-electron chi connectivity index (χ2n) is 6.26. The molecule has 1 saturated carbocycles. The zero-order valence-electron chi connectivity index (χ0n) is 13.5. The van der Waals surface area contributed by atoms with E-state index in [4.69, 9.17) is 4.74 Å². The standard InChI is InChI=1S/C19H16N2O4/c1-25-14-4-2-3-12(9-14)5-6-13-10-17(22)21-15-11-19(15,18(23)24)8-7-16(21)20-13/h2-10,15H,11H2,1H3,(H,23,24)/b6-5+. The van der Waals surface area contributed by atoms with Gasteiger partial charge < -0.3 is 9.84 Å². The molecular weight excluding hydrogens is 320 g/mol. The summed E-state index contributed by atoms with van der Waals surface area (Å²) in [6, 6.07) is 8.65. The average molecular weight is 336 g/mol. The molecule has 0 amide bonds. The summed E-state index contributed by atoms with van der Waals surface area (Å²) in [6.45, 7) is 0. The van der Waals surface area contributed by atoms with E-state index in [1.807, 2.05) is 30.3 Å². The highest BCUT2D eigenvalue weighted by atomic mass is 16.5. The van der Waals surface area contributed by atoms with Crippen LogP contribution in [0, 0.1) is 5.41 Å². The van der Waals surface area contributed by atoms with Crippen molar-refractivity contribution < 1.29 is 14.6 Å². The molecule has 2 aromatic rings. The summed E-state index contributed by atoms with van der Waals surface area (Å²) in [5.74, 6) is 0.354. The quantitative estimate of drug-likeness (QED) is 0.927. The molecule has 1 aromatic carbocycles. The zero-order valence-corrected chi connectivity index (χ0v) is 13.5. The summed E-state index contributed by atoms with van der Waals surface area (Å²) in [5, 5.41) is 9.35. The Morgan fingerprint density at radius 2 is 2.24 bits per heavy atom. The van der Waals surface area contributed by atoms with Crippen LogP contribution in [0.3, 0.4) is 0 Å². The Morgan fingerprint density at radius 1 is 1.40 bits per heavy atom. The maximum atomic E-state index is 12.4. The lowest BCUT2D eigenvalue weighted by Crippen LogP contribution is -2.29. The monoisotopic (exact) mass is 336 g/mol. The minimum Gasteiger partial charge on any atom is -0.497 e. The van der Waals surface area contributed by atoms with Crippen LogP contribution in [-0.2, 0) is 4.79 Å². The largest absolute Gasteiger partial charge is 0.497 e. The minimum absolute atomic E-state index is 0.229. The number of hydrogen-bond donors (Lipinski definition) is 1. The van der Waals surface area contributed by atoms with Crippen LogP contribution in [0.25, 0.3) is 18.2 Å². The van der Waals surface area contributed by atoms with Gasteiger partial charge in [-0.05, 0) is 36.3 Å². The van der Waals surface area contributed by atoms with Crippen LogP contribution < -0.4 is 10.3 Å². The van der Waals surface area contributed by atoms with Crippen LogP contribution in [0.4, 0.5) is 0 Å². The van der Waals surface area contributed by atoms with Crippen LogP contribution in [0.15, 0.2) is 41.2 Å². The predicted molar refractivity (Wildman–Crippen MR) is 93.2 cm³/mol. The van der Waals surface area contributed by atoms with Crippen LogP contribution >= 0.6 is 0 Å². The molecule has 1 N–H and O–H groups in total. The van der Waals surface area contributed by atoms with E-state index in [2.05, 4.69) is 4.98 Å². The summed E-state index contributed by atoms with van der Waals surface area (Å²) in [7, 11) is 1.61. The molecule has 2 aliphatic rings. The number of rotatable bonds is 4. The van der Waals surface area contributed by atoms with Gasteiger partial charge in [0.2, 0.25) is 0 Å². The van der Waals surface area contributed by atoms with E-state index < -0.39 is 11.4 Å². The Kier molecular flexibility index (Phi) is 3.35. The van der Waals surface area contributed by atoms with Crippen molar-refractivity contribution in [2.75, 3.05) is 7.11 Å². The first-order valence-electron chi connectivity index (χ1n) is 7.92. The van der Waals surface area contributed by atoms with Crippen molar-refractivity contribution in [3.63, 3.8) is 0 Å². The number of methoxy groups -OCH3 is 1. The summed E-state index contributed by atoms with van der Waals surface area (Å²) in [4.78, 5) is 28.3. The molecule has 4 rings (SSSR count). The van der Waals surface area contributed by atoms with E-state index in [9.17, 15) is 14.7 Å². The number of carboxylic acids is 1. The first kappa shape index (κ1) is 15.4. The van der Waals surface area contributed by atoms with Crippen LogP contribution in [-0.4, -0.2) is 27.7 Å². The van der Waals surface area contributed by atoms with Crippen molar-refractivity contribution in [1.82, 2.24) is 9.55 Å². The van der Waals surface area contributed by atoms with E-state index in [1.54, 1.807) is 25.3 Å². The predicted octanol–water partition coefficient (Wildman–Crippen LogP) is 2.46. The first-order valence-corrected chi connectivity index (χ1v) is 7.92. The minimum atomic E-state index is -0.934. The third-order valence-corrected chi connectivity index (χ3v) is 4.74. The summed E-state index contributed by atoms with van der Waals surface area (Å²) >= 11 is 0. The number of aromatic nitrogens is 2. The van der Waals surface area contributed by atoms with E-state index in [1.165, 1.54) is 10.6 Å². The number of benzene rings is 1. The molecule has 2 unspecified atom stereocenters. The fraction of sp³-hybridized carbons (Fsp3) is 0.211. The highest BCUT2D eigenvalue weighted by molar-refractivity contribution is 5.84. The number of carbonyl (C=O) groups is 1. The third kappa shape index (κ3) is 2.46. The summed E-state index contributed by atoms with van der Waals surface area (Å²) < 4.78 is 6.67. The summed E-state index contributed by atoms with van der Waals surface area (Å²) in [5.41, 5.74) is 0.303. The molecule has 1 aliphatic heterocycles. The second kappa shape index (κ2) is 5.44. The molecule has 1 aromatic heterocycles. The molecule has 2 atom stereocenters. The number of fused-ring (bicyclic) bond motifs is 3. The SMILES string of the molecule is COc1cccc(/C=C/c2cc(=O)n3c(n2)C=CC2(C(=O)O)CC32)c1. The van der Waals surface area contributed by atoms with Gasteiger partial charge in [-0.3, -0.25) is 14.2 Å². The van der Waals surface area contributed by atoms with Crippen molar-refractivity contribution >= 4 is 24.2 Å². The Bertz CT molecular complexity index is 989. The fourth-order valence-electron chi connectivity index (χ4n) is 3.26. The molecule has 0 saturated heterocycles. The van der Waals surface area contributed by atoms with Crippen molar-refractivity contribution in [1.29, 1.82) is 0 Å². The Morgan fingerprint density at radius 3 is 3.00 bits per heavy atom. The van der Waals surface area contributed by atoms with Crippen molar-refractivity contribution in [2.24, 2.45) is 5.41 Å². The Balaban J connectivity index is 1.66. The molecule has 6 heteroatoms. The first-order chi connectivity index (χ1) is 12.0. The molecule has 126 valence electrons. The lowest BCUT2D eigenvalue weighted by molar-refractivity contribution is -0.141. The second-order valence-corrected chi connectivity index (χ2v) is 6.26. The average Bonchev–Trinajstić information content (AvgIpc) is 3.36. The van der Waals surface area contributed by atoms with E-state index in [0.29, 0.717) is 17.9 Å². The normalized spacial score (nSPS) is 23.2. The van der Waals surface area contributed by atoms with Gasteiger partial charge in [-0.1, -0.05) is 24.3 Å². The van der Waals surface area contributed by atoms with Gasteiger partial charge in [-0.15, -0.1) is 0 Å². The maximum Gasteiger partial charge on any atom is 0.315 e. The van der Waals surface area contributed by atoms with Crippen LogP contribution in [0.1, 0.15) is 29.5 Å². The van der Waals surface area contributed by atoms with Crippen molar-refractivity contribution in [3.05, 3.63) is 63.8 Å². The Labute approximate surface area is 143 Å². The lowest BCUT2D eigenvalue weighted by atomic mass is 10.0. The van der Waals surface area contributed by atoms with Gasteiger partial charge in [0.05, 0.1) is 18.8 Å². The third-order valence-electron chi connectivity index (χ3n) is 4.74. The van der Waals surface area contributed by atoms with Gasteiger partial charge in [-0.25, -0.2) is 4.98 Å². The Hall–Kier alpha value is -3.15. The van der Waals surface area contributed by atoms with Crippen molar-refractivity contribution in [3.8, 4) is 5.75 Å². The highest BCUT2D eigenvalue weighted by Crippen LogP contribution is 2.59. The molecule has 0 spiro atoms. The lowest BCUT2D eigenvalue weighted by Gasteiger charge is -2.17. The maximum absolute atomic E-state index is 12.4. The number of nitrogens with zero attached hydrogens (tertiary/aromatic N) is 2. The molecule has 0 radical (unpaired) electrons. The molecule has 25 heavy (non-hydrogen) atoms. The van der Waals surface area contributed by atoms with Gasteiger partial charge in [-0.2, -0.15) is 0 Å². The van der Waals surface area contributed by atoms with Crippen LogP contribution in [0.5, 0.6) is 5.75 Å². The van der Waals surface area contributed by atoms with E-state index in [0.717, 1.165) is 11.3 Å². The summed E-state index contributed by atoms with van der Waals surface area (Å²) in [6.07, 6.45) is 7.33. The van der Waals surface area contributed by atoms with Gasteiger partial charge in [0.1, 0.15) is 17.0 Å². The fourth-order valence-corrected chi connectivity index (χ4v) is 3.26. The van der Waals surface area contributed by atoms with Gasteiger partial charge in [0.25, 0.3) is 5.56 Å². The molecule has 1 aliphatic carbocycles. The molecule has 1 fully saturated rings. The van der Waals surface area contributed by atoms with Gasteiger partial charge in [0, 0.05) is 6.07 Å². The molecular formula is C19H16N2O4. The zero-order chi connectivity index (χ0) is 17.6. The van der Waals surface area contributed by atoms with E-state index in [-0.39, 0.29) is 11.6 Å². The van der Waals surface area contributed by atoms with Gasteiger partial charge in [0.15, 0.2) is 0 Å². The number of aliphatic carboxylic acids is 1. The molecule has 2 heterocycles.